The van der Waals surface area contributed by atoms with Gasteiger partial charge in [0.15, 0.2) is 5.78 Å². The van der Waals surface area contributed by atoms with E-state index < -0.39 is 5.60 Å². The maximum absolute atomic E-state index is 12.5. The number of ether oxygens (including phenoxy) is 1. The van der Waals surface area contributed by atoms with Gasteiger partial charge in [0.05, 0.1) is 6.61 Å². The minimum absolute atomic E-state index is 0.150. The van der Waals surface area contributed by atoms with Gasteiger partial charge in [-0.3, -0.25) is 4.79 Å². The van der Waals surface area contributed by atoms with Crippen LogP contribution in [-0.2, 0) is 11.3 Å². The number of rotatable bonds is 8. The van der Waals surface area contributed by atoms with Gasteiger partial charge < -0.3 is 14.9 Å². The molecule has 0 bridgehead atoms. The molecule has 0 spiro atoms. The zero-order chi connectivity index (χ0) is 15.8. The highest BCUT2D eigenvalue weighted by Gasteiger charge is 2.37. The van der Waals surface area contributed by atoms with Gasteiger partial charge in [0.2, 0.25) is 0 Å². The molecule has 0 aromatic heterocycles. The van der Waals surface area contributed by atoms with Crippen molar-refractivity contribution in [2.75, 3.05) is 13.2 Å². The number of hydrogen-bond donors (Lipinski definition) is 2. The molecule has 1 fully saturated rings. The van der Waals surface area contributed by atoms with E-state index in [2.05, 4.69) is 0 Å². The van der Waals surface area contributed by atoms with E-state index in [0.717, 1.165) is 37.7 Å². The van der Waals surface area contributed by atoms with Gasteiger partial charge in [-0.1, -0.05) is 43.5 Å². The average molecular weight is 306 g/mol. The Kier molecular flexibility index (Phi) is 6.55. The molecule has 1 aromatic rings. The number of carbonyl (C=O) groups is 1. The van der Waals surface area contributed by atoms with Crippen molar-refractivity contribution in [2.45, 2.75) is 57.2 Å². The number of hydrogen-bond acceptors (Lipinski definition) is 4. The van der Waals surface area contributed by atoms with Gasteiger partial charge in [0, 0.05) is 18.8 Å². The maximum Gasteiger partial charge on any atom is 0.194 e. The van der Waals surface area contributed by atoms with Crippen molar-refractivity contribution in [1.29, 1.82) is 0 Å². The normalized spacial score (nSPS) is 17.4. The van der Waals surface area contributed by atoms with Crippen LogP contribution in [0.5, 0.6) is 0 Å². The molecule has 1 aliphatic rings. The third-order valence-corrected chi connectivity index (χ3v) is 4.29. The molecule has 0 radical (unpaired) electrons. The van der Waals surface area contributed by atoms with Crippen LogP contribution in [0.4, 0.5) is 0 Å². The van der Waals surface area contributed by atoms with Crippen molar-refractivity contribution in [3.63, 3.8) is 0 Å². The zero-order valence-corrected chi connectivity index (χ0v) is 13.1. The van der Waals surface area contributed by atoms with Crippen molar-refractivity contribution >= 4 is 5.78 Å². The summed E-state index contributed by atoms with van der Waals surface area (Å²) in [6.45, 7) is 1.33. The fraction of sp³-hybridized carbons (Fsp3) is 0.611. The van der Waals surface area contributed by atoms with Gasteiger partial charge in [0.1, 0.15) is 5.60 Å². The lowest BCUT2D eigenvalue weighted by atomic mass is 9.79. The van der Waals surface area contributed by atoms with Crippen LogP contribution in [0, 0.1) is 0 Å². The van der Waals surface area contributed by atoms with Crippen LogP contribution in [-0.4, -0.2) is 34.8 Å². The molecule has 0 amide bonds. The molecule has 0 atom stereocenters. The predicted molar refractivity (Wildman–Crippen MR) is 84.8 cm³/mol. The third kappa shape index (κ3) is 4.63. The Morgan fingerprint density at radius 2 is 1.77 bits per heavy atom. The van der Waals surface area contributed by atoms with Crippen LogP contribution in [0.3, 0.4) is 0 Å². The SMILES string of the molecule is O=C(c1ccc(COCCCCO)cc1)C1(O)CCCCC1. The van der Waals surface area contributed by atoms with E-state index in [-0.39, 0.29) is 12.4 Å². The predicted octanol–water partition coefficient (Wildman–Crippen LogP) is 2.85. The van der Waals surface area contributed by atoms with Crippen LogP contribution in [0.25, 0.3) is 0 Å². The summed E-state index contributed by atoms with van der Waals surface area (Å²) >= 11 is 0. The average Bonchev–Trinajstić information content (AvgIpc) is 2.55. The summed E-state index contributed by atoms with van der Waals surface area (Å²) in [5.74, 6) is -0.150. The highest BCUT2D eigenvalue weighted by atomic mass is 16.5. The second-order valence-electron chi connectivity index (χ2n) is 6.10. The van der Waals surface area contributed by atoms with Gasteiger partial charge in [-0.05, 0) is 31.2 Å². The van der Waals surface area contributed by atoms with E-state index in [4.69, 9.17) is 9.84 Å². The van der Waals surface area contributed by atoms with Gasteiger partial charge in [-0.2, -0.15) is 0 Å². The smallest absolute Gasteiger partial charge is 0.194 e. The molecule has 22 heavy (non-hydrogen) atoms. The molecule has 0 saturated heterocycles. The summed E-state index contributed by atoms with van der Waals surface area (Å²) in [6.07, 6.45) is 5.68. The van der Waals surface area contributed by atoms with Crippen LogP contribution < -0.4 is 0 Å². The molecular formula is C18H26O4. The Labute approximate surface area is 132 Å². The molecule has 2 N–H and O–H groups in total. The summed E-state index contributed by atoms with van der Waals surface area (Å²) in [5.41, 5.74) is 0.421. The number of carbonyl (C=O) groups excluding carboxylic acids is 1. The molecule has 0 aliphatic heterocycles. The van der Waals surface area contributed by atoms with E-state index in [9.17, 15) is 9.90 Å². The summed E-state index contributed by atoms with van der Waals surface area (Å²) < 4.78 is 5.51. The number of unbranched alkanes of at least 4 members (excludes halogenated alkanes) is 1. The van der Waals surface area contributed by atoms with E-state index in [1.807, 2.05) is 12.1 Å². The zero-order valence-electron chi connectivity index (χ0n) is 13.1. The van der Waals surface area contributed by atoms with Crippen molar-refractivity contribution in [3.8, 4) is 0 Å². The first-order valence-electron chi connectivity index (χ1n) is 8.20. The van der Waals surface area contributed by atoms with Crippen LogP contribution in [0.15, 0.2) is 24.3 Å². The number of aliphatic hydroxyl groups is 2. The Bertz CT molecular complexity index is 460. The Morgan fingerprint density at radius 3 is 2.41 bits per heavy atom. The lowest BCUT2D eigenvalue weighted by Crippen LogP contribution is -2.40. The molecule has 1 aromatic carbocycles. The van der Waals surface area contributed by atoms with Crippen molar-refractivity contribution in [1.82, 2.24) is 0 Å². The first kappa shape index (κ1) is 17.1. The molecule has 1 saturated carbocycles. The number of aliphatic hydroxyl groups excluding tert-OH is 1. The van der Waals surface area contributed by atoms with E-state index >= 15 is 0 Å². The van der Waals surface area contributed by atoms with Crippen molar-refractivity contribution in [2.24, 2.45) is 0 Å². The highest BCUT2D eigenvalue weighted by Crippen LogP contribution is 2.31. The standard InChI is InChI=1S/C18H26O4/c19-12-4-5-13-22-14-15-6-8-16(9-7-15)17(20)18(21)10-2-1-3-11-18/h6-9,19,21H,1-5,10-14H2. The fourth-order valence-corrected chi connectivity index (χ4v) is 2.89. The second-order valence-corrected chi connectivity index (χ2v) is 6.10. The molecule has 122 valence electrons. The number of Topliss-reactive ketones (excluding diaryl/α,β-unsaturated/α-hetero) is 1. The minimum atomic E-state index is -1.17. The molecule has 0 heterocycles. The molecule has 0 unspecified atom stereocenters. The number of benzene rings is 1. The quantitative estimate of drug-likeness (QED) is 0.572. The largest absolute Gasteiger partial charge is 0.396 e. The highest BCUT2D eigenvalue weighted by molar-refractivity contribution is 6.02. The molecule has 1 aliphatic carbocycles. The topological polar surface area (TPSA) is 66.8 Å². The summed E-state index contributed by atoms with van der Waals surface area (Å²) in [7, 11) is 0. The van der Waals surface area contributed by atoms with Crippen LogP contribution in [0.1, 0.15) is 60.9 Å². The van der Waals surface area contributed by atoms with E-state index in [1.165, 1.54) is 0 Å². The van der Waals surface area contributed by atoms with Crippen LogP contribution in [0.2, 0.25) is 0 Å². The second kappa shape index (κ2) is 8.42. The van der Waals surface area contributed by atoms with Gasteiger partial charge in [-0.25, -0.2) is 0 Å². The lowest BCUT2D eigenvalue weighted by molar-refractivity contribution is 0.0116. The molecular weight excluding hydrogens is 280 g/mol. The Morgan fingerprint density at radius 1 is 1.09 bits per heavy atom. The van der Waals surface area contributed by atoms with Crippen LogP contribution >= 0.6 is 0 Å². The summed E-state index contributed by atoms with van der Waals surface area (Å²) in [4.78, 5) is 12.5. The molecule has 4 nitrogen and oxygen atoms in total. The monoisotopic (exact) mass is 306 g/mol. The summed E-state index contributed by atoms with van der Waals surface area (Å²) in [6, 6.07) is 7.32. The van der Waals surface area contributed by atoms with Gasteiger partial charge in [0.25, 0.3) is 0 Å². The number of ketones is 1. The van der Waals surface area contributed by atoms with E-state index in [0.29, 0.717) is 31.6 Å². The maximum atomic E-state index is 12.5. The van der Waals surface area contributed by atoms with Crippen molar-refractivity contribution in [3.05, 3.63) is 35.4 Å². The summed E-state index contributed by atoms with van der Waals surface area (Å²) in [5, 5.41) is 19.2. The molecule has 4 heteroatoms. The fourth-order valence-electron chi connectivity index (χ4n) is 2.89. The van der Waals surface area contributed by atoms with Gasteiger partial charge in [-0.15, -0.1) is 0 Å². The first-order valence-corrected chi connectivity index (χ1v) is 8.20. The molecule has 2 rings (SSSR count). The minimum Gasteiger partial charge on any atom is -0.396 e. The van der Waals surface area contributed by atoms with Crippen molar-refractivity contribution < 1.29 is 19.7 Å². The van der Waals surface area contributed by atoms with E-state index in [1.54, 1.807) is 12.1 Å². The van der Waals surface area contributed by atoms with Gasteiger partial charge >= 0.3 is 0 Å². The third-order valence-electron chi connectivity index (χ3n) is 4.29. The first-order chi connectivity index (χ1) is 10.7. The Balaban J connectivity index is 1.87. The Hall–Kier alpha value is -1.23. The lowest BCUT2D eigenvalue weighted by Gasteiger charge is -2.30.